The monoisotopic (exact) mass is 263 g/mol. The van der Waals surface area contributed by atoms with Gasteiger partial charge in [-0.1, -0.05) is 36.4 Å². The van der Waals surface area contributed by atoms with Crippen molar-refractivity contribution in [3.8, 4) is 17.6 Å². The maximum Gasteiger partial charge on any atom is 0.203 e. The van der Waals surface area contributed by atoms with E-state index in [1.165, 1.54) is 0 Å². The van der Waals surface area contributed by atoms with E-state index < -0.39 is 6.10 Å². The van der Waals surface area contributed by atoms with Crippen LogP contribution in [0.25, 0.3) is 6.08 Å². The first-order chi connectivity index (χ1) is 9.85. The lowest BCUT2D eigenvalue weighted by atomic mass is 10.1. The van der Waals surface area contributed by atoms with E-state index in [2.05, 4.69) is 6.07 Å². The van der Waals surface area contributed by atoms with Crippen molar-refractivity contribution in [2.24, 2.45) is 0 Å². The Balaban J connectivity index is 1.73. The summed E-state index contributed by atoms with van der Waals surface area (Å²) in [6.07, 6.45) is 3.12. The van der Waals surface area contributed by atoms with E-state index in [1.54, 1.807) is 6.08 Å². The second kappa shape index (κ2) is 5.50. The van der Waals surface area contributed by atoms with Crippen molar-refractivity contribution in [3.05, 3.63) is 65.7 Å². The number of benzene rings is 2. The first-order valence-electron chi connectivity index (χ1n) is 6.40. The maximum absolute atomic E-state index is 8.88. The van der Waals surface area contributed by atoms with Crippen molar-refractivity contribution < 1.29 is 9.47 Å². The van der Waals surface area contributed by atoms with E-state index in [0.717, 1.165) is 16.9 Å². The van der Waals surface area contributed by atoms with Crippen molar-refractivity contribution in [1.82, 2.24) is 0 Å². The summed E-state index contributed by atoms with van der Waals surface area (Å²) < 4.78 is 11.3. The molecule has 0 amide bonds. The summed E-state index contributed by atoms with van der Waals surface area (Å²) in [5, 5.41) is 8.88. The van der Waals surface area contributed by atoms with Crippen LogP contribution >= 0.6 is 0 Å². The van der Waals surface area contributed by atoms with Crippen LogP contribution < -0.4 is 9.47 Å². The topological polar surface area (TPSA) is 42.2 Å². The van der Waals surface area contributed by atoms with Gasteiger partial charge in [0, 0.05) is 11.6 Å². The molecule has 3 rings (SSSR count). The van der Waals surface area contributed by atoms with Gasteiger partial charge in [-0.3, -0.25) is 0 Å². The van der Waals surface area contributed by atoms with Crippen molar-refractivity contribution in [2.45, 2.75) is 12.7 Å². The van der Waals surface area contributed by atoms with E-state index in [-0.39, 0.29) is 0 Å². The molecular formula is C17H13NO2. The molecule has 0 bridgehead atoms. The first-order valence-corrected chi connectivity index (χ1v) is 6.40. The lowest BCUT2D eigenvalue weighted by Crippen LogP contribution is -2.14. The van der Waals surface area contributed by atoms with Crippen LogP contribution in [0, 0.1) is 11.3 Å². The molecule has 1 heterocycles. The molecule has 0 fully saturated rings. The van der Waals surface area contributed by atoms with E-state index in [4.69, 9.17) is 14.7 Å². The highest BCUT2D eigenvalue weighted by molar-refractivity contribution is 5.62. The zero-order valence-corrected chi connectivity index (χ0v) is 10.8. The molecule has 1 aliphatic heterocycles. The van der Waals surface area contributed by atoms with Gasteiger partial charge in [-0.15, -0.1) is 0 Å². The van der Waals surface area contributed by atoms with Gasteiger partial charge in [0.15, 0.2) is 0 Å². The predicted molar refractivity (Wildman–Crippen MR) is 76.3 cm³/mol. The molecule has 0 spiro atoms. The molecule has 2 aromatic rings. The second-order valence-corrected chi connectivity index (χ2v) is 4.50. The maximum atomic E-state index is 8.88. The van der Waals surface area contributed by atoms with Gasteiger partial charge in [-0.25, -0.2) is 0 Å². The summed E-state index contributed by atoms with van der Waals surface area (Å²) in [5.74, 6) is 1.42. The molecule has 20 heavy (non-hydrogen) atoms. The van der Waals surface area contributed by atoms with Gasteiger partial charge in [0.25, 0.3) is 0 Å². The van der Waals surface area contributed by atoms with Gasteiger partial charge >= 0.3 is 0 Å². The molecule has 0 saturated carbocycles. The Labute approximate surface area is 117 Å². The van der Waals surface area contributed by atoms with Crippen LogP contribution in [0.3, 0.4) is 0 Å². The molecule has 1 atom stereocenters. The summed E-state index contributed by atoms with van der Waals surface area (Å²) in [7, 11) is 0. The molecule has 3 nitrogen and oxygen atoms in total. The first kappa shape index (κ1) is 12.3. The molecule has 0 aliphatic carbocycles. The van der Waals surface area contributed by atoms with Gasteiger partial charge in [0.1, 0.15) is 24.2 Å². The van der Waals surface area contributed by atoms with Crippen LogP contribution in [-0.4, -0.2) is 6.10 Å². The fourth-order valence-corrected chi connectivity index (χ4v) is 2.02. The normalized spacial score (nSPS) is 15.8. The van der Waals surface area contributed by atoms with Crippen molar-refractivity contribution >= 4 is 6.08 Å². The average Bonchev–Trinajstić information content (AvgIpc) is 2.53. The van der Waals surface area contributed by atoms with Crippen LogP contribution in [0.2, 0.25) is 0 Å². The van der Waals surface area contributed by atoms with E-state index in [0.29, 0.717) is 12.4 Å². The Morgan fingerprint density at radius 1 is 1.15 bits per heavy atom. The van der Waals surface area contributed by atoms with E-state index in [1.807, 2.05) is 54.6 Å². The summed E-state index contributed by atoms with van der Waals surface area (Å²) in [6, 6.07) is 17.7. The van der Waals surface area contributed by atoms with Gasteiger partial charge in [0.05, 0.1) is 0 Å². The highest BCUT2D eigenvalue weighted by Crippen LogP contribution is 2.30. The van der Waals surface area contributed by atoms with E-state index in [9.17, 15) is 0 Å². The fraction of sp³-hybridized carbons (Fsp3) is 0.118. The second-order valence-electron chi connectivity index (χ2n) is 4.50. The standard InChI is InChI=1S/C17H13NO2/c18-11-16-9-7-14-6-8-15(10-17(14)20-16)19-12-13-4-2-1-3-5-13/h1-10,16H,12H2. The van der Waals surface area contributed by atoms with Crippen LogP contribution in [0.4, 0.5) is 0 Å². The van der Waals surface area contributed by atoms with Crippen LogP contribution in [-0.2, 0) is 6.61 Å². The molecule has 3 heteroatoms. The van der Waals surface area contributed by atoms with Crippen molar-refractivity contribution in [3.63, 3.8) is 0 Å². The number of ether oxygens (including phenoxy) is 2. The van der Waals surface area contributed by atoms with E-state index >= 15 is 0 Å². The Kier molecular flexibility index (Phi) is 3.38. The number of rotatable bonds is 3. The van der Waals surface area contributed by atoms with Crippen LogP contribution in [0.15, 0.2) is 54.6 Å². The Bertz CT molecular complexity index is 671. The molecule has 0 N–H and O–H groups in total. The molecule has 1 unspecified atom stereocenters. The third kappa shape index (κ3) is 2.65. The predicted octanol–water partition coefficient (Wildman–Crippen LogP) is 3.56. The summed E-state index contributed by atoms with van der Waals surface area (Å²) in [5.41, 5.74) is 2.07. The minimum atomic E-state index is -0.521. The molecular weight excluding hydrogens is 250 g/mol. The molecule has 0 radical (unpaired) electrons. The third-order valence-electron chi connectivity index (χ3n) is 3.07. The SMILES string of the molecule is N#CC1C=Cc2ccc(OCc3ccccc3)cc2O1. The quantitative estimate of drug-likeness (QED) is 0.850. The molecule has 1 aliphatic rings. The number of hydrogen-bond acceptors (Lipinski definition) is 3. The minimum absolute atomic E-state index is 0.511. The van der Waals surface area contributed by atoms with Crippen molar-refractivity contribution in [1.29, 1.82) is 5.26 Å². The number of nitriles is 1. The Hall–Kier alpha value is -2.73. The van der Waals surface area contributed by atoms with Gasteiger partial charge in [0.2, 0.25) is 6.10 Å². The molecule has 0 saturated heterocycles. The number of nitrogens with zero attached hydrogens (tertiary/aromatic N) is 1. The van der Waals surface area contributed by atoms with Crippen LogP contribution in [0.1, 0.15) is 11.1 Å². The van der Waals surface area contributed by atoms with Gasteiger partial charge < -0.3 is 9.47 Å². The lowest BCUT2D eigenvalue weighted by Gasteiger charge is -2.17. The average molecular weight is 263 g/mol. The van der Waals surface area contributed by atoms with Crippen molar-refractivity contribution in [2.75, 3.05) is 0 Å². The highest BCUT2D eigenvalue weighted by Gasteiger charge is 2.14. The highest BCUT2D eigenvalue weighted by atomic mass is 16.5. The minimum Gasteiger partial charge on any atom is -0.489 e. The lowest BCUT2D eigenvalue weighted by molar-refractivity contribution is 0.285. The number of fused-ring (bicyclic) bond motifs is 1. The summed E-state index contributed by atoms with van der Waals surface area (Å²) in [6.45, 7) is 0.511. The third-order valence-corrected chi connectivity index (χ3v) is 3.07. The molecule has 98 valence electrons. The van der Waals surface area contributed by atoms with Crippen LogP contribution in [0.5, 0.6) is 11.5 Å². The zero-order valence-electron chi connectivity index (χ0n) is 10.8. The molecule has 2 aromatic carbocycles. The van der Waals surface area contributed by atoms with Gasteiger partial charge in [-0.2, -0.15) is 5.26 Å². The van der Waals surface area contributed by atoms with Gasteiger partial charge in [-0.05, 0) is 23.8 Å². The zero-order chi connectivity index (χ0) is 13.8. The molecule has 0 aromatic heterocycles. The summed E-state index contributed by atoms with van der Waals surface area (Å²) in [4.78, 5) is 0. The largest absolute Gasteiger partial charge is 0.489 e. The number of hydrogen-bond donors (Lipinski definition) is 0. The fourth-order valence-electron chi connectivity index (χ4n) is 2.02. The Morgan fingerprint density at radius 2 is 2.00 bits per heavy atom. The summed E-state index contributed by atoms with van der Waals surface area (Å²) >= 11 is 0. The Morgan fingerprint density at radius 3 is 2.80 bits per heavy atom. The smallest absolute Gasteiger partial charge is 0.203 e.